The molecule has 1 aliphatic carbocycles. The lowest BCUT2D eigenvalue weighted by molar-refractivity contribution is 0.142. The molecule has 0 bridgehead atoms. The first-order chi connectivity index (χ1) is 17.0. The third-order valence-corrected chi connectivity index (χ3v) is 8.18. The molecule has 0 spiro atoms. The fourth-order valence-electron chi connectivity index (χ4n) is 5.68. The fraction of sp³-hybridized carbons (Fsp3) is 0.345. The van der Waals surface area contributed by atoms with Crippen LogP contribution in [0, 0.1) is 20.8 Å². The number of amides is 1. The van der Waals surface area contributed by atoms with Gasteiger partial charge in [-0.15, -0.1) is 12.6 Å². The molecule has 0 aromatic heterocycles. The quantitative estimate of drug-likeness (QED) is 0.425. The summed E-state index contributed by atoms with van der Waals surface area (Å²) in [6.45, 7) is 11.0. The van der Waals surface area contributed by atoms with E-state index in [0.29, 0.717) is 13.2 Å². The molecule has 5 rings (SSSR count). The average molecular weight is 488 g/mol. The minimum absolute atomic E-state index is 0.0550. The van der Waals surface area contributed by atoms with E-state index in [1.54, 1.807) is 0 Å². The van der Waals surface area contributed by atoms with Crippen molar-refractivity contribution in [2.45, 2.75) is 38.1 Å². The summed E-state index contributed by atoms with van der Waals surface area (Å²) in [5.74, 6) is 0.0550. The van der Waals surface area contributed by atoms with Gasteiger partial charge >= 0.3 is 6.09 Å². The van der Waals surface area contributed by atoms with Gasteiger partial charge in [0.1, 0.15) is 6.61 Å². The maximum Gasteiger partial charge on any atom is 0.407 e. The highest BCUT2D eigenvalue weighted by atomic mass is 32.1. The van der Waals surface area contributed by atoms with Gasteiger partial charge in [0, 0.05) is 49.2 Å². The van der Waals surface area contributed by atoms with Crippen LogP contribution in [-0.4, -0.2) is 38.9 Å². The Hall–Kier alpha value is -2.96. The molecule has 0 saturated carbocycles. The van der Waals surface area contributed by atoms with Gasteiger partial charge in [-0.3, -0.25) is 0 Å². The maximum atomic E-state index is 12.8. The number of piperazine rings is 1. The topological polar surface area (TPSA) is 53.6 Å². The fourth-order valence-corrected chi connectivity index (χ4v) is 5.92. The van der Waals surface area contributed by atoms with Crippen LogP contribution in [0.1, 0.15) is 39.3 Å². The smallest absolute Gasteiger partial charge is 0.407 e. The number of alkyl carbamates (subject to hydrolysis) is 1. The lowest BCUT2D eigenvalue weighted by Gasteiger charge is -2.34. The predicted molar refractivity (Wildman–Crippen MR) is 145 cm³/mol. The monoisotopic (exact) mass is 487 g/mol. The SMILES string of the molecule is Cc1c(S)c(C)c(N2CCNCC2)c(C)c1CNC(=O)OCC1c2ccccc2-c2ccccc21. The highest BCUT2D eigenvalue weighted by Crippen LogP contribution is 2.44. The minimum Gasteiger partial charge on any atom is -0.449 e. The van der Waals surface area contributed by atoms with E-state index in [2.05, 4.69) is 72.7 Å². The van der Waals surface area contributed by atoms with Crippen LogP contribution >= 0.6 is 12.6 Å². The number of carbonyl (C=O) groups excluding carboxylic acids is 1. The average Bonchev–Trinajstić information content (AvgIpc) is 3.20. The van der Waals surface area contributed by atoms with E-state index in [4.69, 9.17) is 17.4 Å². The Balaban J connectivity index is 1.30. The van der Waals surface area contributed by atoms with Crippen molar-refractivity contribution in [2.75, 3.05) is 37.7 Å². The normalized spacial score (nSPS) is 15.0. The third kappa shape index (κ3) is 4.41. The van der Waals surface area contributed by atoms with E-state index in [-0.39, 0.29) is 5.92 Å². The lowest BCUT2D eigenvalue weighted by atomic mass is 9.95. The van der Waals surface area contributed by atoms with E-state index < -0.39 is 6.09 Å². The summed E-state index contributed by atoms with van der Waals surface area (Å²) in [7, 11) is 0. The van der Waals surface area contributed by atoms with Crippen molar-refractivity contribution in [3.8, 4) is 11.1 Å². The zero-order valence-corrected chi connectivity index (χ0v) is 21.5. The first-order valence-electron chi connectivity index (χ1n) is 12.3. The summed E-state index contributed by atoms with van der Waals surface area (Å²) < 4.78 is 5.75. The molecule has 1 amide bonds. The molecule has 3 aromatic carbocycles. The summed E-state index contributed by atoms with van der Waals surface area (Å²) >= 11 is 4.83. The number of carbonyl (C=O) groups is 1. The number of nitrogens with zero attached hydrogens (tertiary/aromatic N) is 1. The second kappa shape index (κ2) is 9.96. The van der Waals surface area contributed by atoms with Crippen molar-refractivity contribution in [3.05, 3.63) is 81.9 Å². The number of thiol groups is 1. The Kier molecular flexibility index (Phi) is 6.76. The molecule has 2 aliphatic rings. The van der Waals surface area contributed by atoms with Crippen LogP contribution in [0.3, 0.4) is 0 Å². The third-order valence-electron chi connectivity index (χ3n) is 7.51. The molecule has 182 valence electrons. The first kappa shape index (κ1) is 23.8. The number of rotatable bonds is 5. The van der Waals surface area contributed by atoms with Crippen LogP contribution in [0.5, 0.6) is 0 Å². The highest BCUT2D eigenvalue weighted by molar-refractivity contribution is 7.80. The number of anilines is 1. The van der Waals surface area contributed by atoms with Crippen LogP contribution in [0.25, 0.3) is 11.1 Å². The summed E-state index contributed by atoms with van der Waals surface area (Å²) in [5, 5.41) is 6.42. The van der Waals surface area contributed by atoms with Crippen molar-refractivity contribution < 1.29 is 9.53 Å². The van der Waals surface area contributed by atoms with Crippen molar-refractivity contribution in [1.82, 2.24) is 10.6 Å². The maximum absolute atomic E-state index is 12.8. The number of benzene rings is 3. The second-order valence-corrected chi connectivity index (χ2v) is 9.91. The molecule has 3 aromatic rings. The molecule has 2 N–H and O–H groups in total. The summed E-state index contributed by atoms with van der Waals surface area (Å²) in [5.41, 5.74) is 10.8. The summed E-state index contributed by atoms with van der Waals surface area (Å²) in [6.07, 6.45) is -0.393. The van der Waals surface area contributed by atoms with Gasteiger partial charge in [0.05, 0.1) is 0 Å². The van der Waals surface area contributed by atoms with E-state index in [1.807, 2.05) is 12.1 Å². The zero-order valence-electron chi connectivity index (χ0n) is 20.6. The Morgan fingerprint density at radius 2 is 1.57 bits per heavy atom. The molecule has 1 heterocycles. The Labute approximate surface area is 213 Å². The summed E-state index contributed by atoms with van der Waals surface area (Å²) in [4.78, 5) is 16.2. The van der Waals surface area contributed by atoms with Crippen molar-refractivity contribution in [2.24, 2.45) is 0 Å². The van der Waals surface area contributed by atoms with Crippen LogP contribution < -0.4 is 15.5 Å². The molecule has 0 unspecified atom stereocenters. The number of ether oxygens (including phenoxy) is 1. The molecule has 1 aliphatic heterocycles. The van der Waals surface area contributed by atoms with Gasteiger partial charge in [-0.25, -0.2) is 4.79 Å². The number of fused-ring (bicyclic) bond motifs is 3. The number of nitrogens with one attached hydrogen (secondary N) is 2. The molecule has 5 nitrogen and oxygen atoms in total. The largest absolute Gasteiger partial charge is 0.449 e. The molecular formula is C29H33N3O2S. The van der Waals surface area contributed by atoms with Crippen LogP contribution in [0.4, 0.5) is 10.5 Å². The molecule has 1 saturated heterocycles. The van der Waals surface area contributed by atoms with Gasteiger partial charge in [0.25, 0.3) is 0 Å². The molecule has 0 atom stereocenters. The van der Waals surface area contributed by atoms with E-state index in [9.17, 15) is 4.79 Å². The number of hydrogen-bond donors (Lipinski definition) is 3. The van der Waals surface area contributed by atoms with Gasteiger partial charge in [0.15, 0.2) is 0 Å². The standard InChI is InChI=1S/C29H33N3O2S/c1-18-25(19(2)28(35)20(3)27(18)32-14-12-30-13-15-32)16-31-29(33)34-17-26-23-10-6-4-8-21(23)22-9-5-7-11-24(22)26/h4-11,26,30,35H,12-17H2,1-3H3,(H,31,33). The van der Waals surface area contributed by atoms with Crippen LogP contribution in [0.2, 0.25) is 0 Å². The van der Waals surface area contributed by atoms with Crippen molar-refractivity contribution in [1.29, 1.82) is 0 Å². The molecule has 0 radical (unpaired) electrons. The molecular weight excluding hydrogens is 454 g/mol. The first-order valence-corrected chi connectivity index (χ1v) is 12.8. The van der Waals surface area contributed by atoms with Gasteiger partial charge < -0.3 is 20.3 Å². The van der Waals surface area contributed by atoms with E-state index in [1.165, 1.54) is 39.1 Å². The lowest BCUT2D eigenvalue weighted by Crippen LogP contribution is -2.44. The summed E-state index contributed by atoms with van der Waals surface area (Å²) in [6, 6.07) is 16.8. The highest BCUT2D eigenvalue weighted by Gasteiger charge is 2.29. The van der Waals surface area contributed by atoms with E-state index in [0.717, 1.165) is 42.2 Å². The van der Waals surface area contributed by atoms with E-state index >= 15 is 0 Å². The Bertz CT molecular complexity index is 1220. The molecule has 6 heteroatoms. The Morgan fingerprint density at radius 3 is 2.20 bits per heavy atom. The van der Waals surface area contributed by atoms with Crippen molar-refractivity contribution in [3.63, 3.8) is 0 Å². The van der Waals surface area contributed by atoms with Gasteiger partial charge in [-0.05, 0) is 65.3 Å². The van der Waals surface area contributed by atoms with Crippen LogP contribution in [0.15, 0.2) is 53.4 Å². The molecule has 1 fully saturated rings. The van der Waals surface area contributed by atoms with Crippen molar-refractivity contribution >= 4 is 24.4 Å². The van der Waals surface area contributed by atoms with Gasteiger partial charge in [0.2, 0.25) is 0 Å². The van der Waals surface area contributed by atoms with Gasteiger partial charge in [-0.2, -0.15) is 0 Å². The Morgan fingerprint density at radius 1 is 0.971 bits per heavy atom. The predicted octanol–water partition coefficient (Wildman–Crippen LogP) is 5.35. The molecule has 35 heavy (non-hydrogen) atoms. The van der Waals surface area contributed by atoms with Crippen LogP contribution in [-0.2, 0) is 11.3 Å². The minimum atomic E-state index is -0.393. The number of hydrogen-bond acceptors (Lipinski definition) is 5. The van der Waals surface area contributed by atoms with Gasteiger partial charge in [-0.1, -0.05) is 48.5 Å². The zero-order chi connectivity index (χ0) is 24.5. The second-order valence-electron chi connectivity index (χ2n) is 9.47.